The van der Waals surface area contributed by atoms with E-state index >= 15 is 0 Å². The molecule has 0 fully saturated rings. The maximum Gasteiger partial charge on any atom is 0.325 e. The van der Waals surface area contributed by atoms with Crippen LogP contribution >= 0.6 is 11.3 Å². The monoisotopic (exact) mass is 256 g/mol. The summed E-state index contributed by atoms with van der Waals surface area (Å²) in [5.74, 6) is -1.04. The molecule has 2 N–H and O–H groups in total. The van der Waals surface area contributed by atoms with Crippen molar-refractivity contribution >= 4 is 23.3 Å². The smallest absolute Gasteiger partial charge is 0.325 e. The SMILES string of the molecule is CC(NC(=O)N(C)CCc1cccs1)C(=O)O. The van der Waals surface area contributed by atoms with Gasteiger partial charge in [0.05, 0.1) is 0 Å². The lowest BCUT2D eigenvalue weighted by Crippen LogP contribution is -2.45. The lowest BCUT2D eigenvalue weighted by molar-refractivity contribution is -0.138. The number of carboxylic acids is 1. The molecule has 0 aliphatic heterocycles. The molecule has 1 atom stereocenters. The molecule has 0 radical (unpaired) electrons. The summed E-state index contributed by atoms with van der Waals surface area (Å²) in [4.78, 5) is 24.8. The Balaban J connectivity index is 2.34. The van der Waals surface area contributed by atoms with Crippen molar-refractivity contribution in [3.05, 3.63) is 22.4 Å². The van der Waals surface area contributed by atoms with Crippen LogP contribution in [0.25, 0.3) is 0 Å². The molecule has 17 heavy (non-hydrogen) atoms. The van der Waals surface area contributed by atoms with Crippen molar-refractivity contribution in [1.29, 1.82) is 0 Å². The third kappa shape index (κ3) is 4.44. The molecule has 1 aromatic heterocycles. The molecular formula is C11H16N2O3S. The van der Waals surface area contributed by atoms with Crippen molar-refractivity contribution in [3.63, 3.8) is 0 Å². The molecule has 0 aliphatic rings. The molecule has 1 aromatic rings. The van der Waals surface area contributed by atoms with Gasteiger partial charge in [-0.05, 0) is 24.8 Å². The second-order valence-corrected chi connectivity index (χ2v) is 4.79. The molecule has 0 bridgehead atoms. The zero-order chi connectivity index (χ0) is 12.8. The summed E-state index contributed by atoms with van der Waals surface area (Å²) in [7, 11) is 1.65. The van der Waals surface area contributed by atoms with Crippen molar-refractivity contribution in [2.45, 2.75) is 19.4 Å². The molecule has 0 saturated heterocycles. The molecule has 6 heteroatoms. The van der Waals surface area contributed by atoms with Crippen LogP contribution in [-0.2, 0) is 11.2 Å². The predicted octanol–water partition coefficient (Wildman–Crippen LogP) is 1.41. The Morgan fingerprint density at radius 1 is 1.59 bits per heavy atom. The lowest BCUT2D eigenvalue weighted by atomic mass is 10.3. The van der Waals surface area contributed by atoms with Crippen molar-refractivity contribution in [1.82, 2.24) is 10.2 Å². The van der Waals surface area contributed by atoms with Crippen molar-refractivity contribution in [2.75, 3.05) is 13.6 Å². The van der Waals surface area contributed by atoms with E-state index in [0.29, 0.717) is 6.54 Å². The predicted molar refractivity (Wildman–Crippen MR) is 66.3 cm³/mol. The lowest BCUT2D eigenvalue weighted by Gasteiger charge is -2.19. The van der Waals surface area contributed by atoms with Crippen LogP contribution < -0.4 is 5.32 Å². The summed E-state index contributed by atoms with van der Waals surface area (Å²) < 4.78 is 0. The van der Waals surface area contributed by atoms with E-state index in [1.54, 1.807) is 18.4 Å². The van der Waals surface area contributed by atoms with Crippen LogP contribution in [0.15, 0.2) is 17.5 Å². The van der Waals surface area contributed by atoms with Crippen LogP contribution in [0.1, 0.15) is 11.8 Å². The van der Waals surface area contributed by atoms with Gasteiger partial charge in [-0.2, -0.15) is 0 Å². The largest absolute Gasteiger partial charge is 0.480 e. The fraction of sp³-hybridized carbons (Fsp3) is 0.455. The van der Waals surface area contributed by atoms with Crippen LogP contribution in [0.3, 0.4) is 0 Å². The molecule has 0 saturated carbocycles. The Hall–Kier alpha value is -1.56. The maximum atomic E-state index is 11.6. The fourth-order valence-corrected chi connectivity index (χ4v) is 1.89. The van der Waals surface area contributed by atoms with Crippen LogP contribution in [0.4, 0.5) is 4.79 Å². The molecule has 0 spiro atoms. The number of rotatable bonds is 5. The van der Waals surface area contributed by atoms with Gasteiger partial charge in [-0.25, -0.2) is 4.79 Å². The number of carbonyl (C=O) groups excluding carboxylic acids is 1. The molecule has 1 unspecified atom stereocenters. The van der Waals surface area contributed by atoms with Gasteiger partial charge in [0.15, 0.2) is 0 Å². The van der Waals surface area contributed by atoms with Gasteiger partial charge in [0.25, 0.3) is 0 Å². The molecule has 5 nitrogen and oxygen atoms in total. The van der Waals surface area contributed by atoms with Gasteiger partial charge in [0.2, 0.25) is 0 Å². The molecule has 1 rings (SSSR count). The first-order chi connectivity index (χ1) is 8.00. The third-order valence-corrected chi connectivity index (χ3v) is 3.27. The second-order valence-electron chi connectivity index (χ2n) is 3.76. The summed E-state index contributed by atoms with van der Waals surface area (Å²) in [6.45, 7) is 2.01. The summed E-state index contributed by atoms with van der Waals surface area (Å²) >= 11 is 1.64. The summed E-state index contributed by atoms with van der Waals surface area (Å²) in [6.07, 6.45) is 0.781. The maximum absolute atomic E-state index is 11.6. The van der Waals surface area contributed by atoms with E-state index in [-0.39, 0.29) is 6.03 Å². The number of nitrogens with one attached hydrogen (secondary N) is 1. The minimum Gasteiger partial charge on any atom is -0.480 e. The van der Waals surface area contributed by atoms with Crippen molar-refractivity contribution < 1.29 is 14.7 Å². The first kappa shape index (κ1) is 13.5. The second kappa shape index (κ2) is 6.24. The topological polar surface area (TPSA) is 69.6 Å². The van der Waals surface area contributed by atoms with E-state index in [2.05, 4.69) is 5.32 Å². The van der Waals surface area contributed by atoms with Crippen LogP contribution in [0, 0.1) is 0 Å². The number of aliphatic carboxylic acids is 1. The summed E-state index contributed by atoms with van der Waals surface area (Å²) in [5, 5.41) is 13.0. The minimum atomic E-state index is -1.04. The number of nitrogens with zero attached hydrogens (tertiary/aromatic N) is 1. The van der Waals surface area contributed by atoms with E-state index in [9.17, 15) is 9.59 Å². The number of amides is 2. The number of thiophene rings is 1. The first-order valence-electron chi connectivity index (χ1n) is 5.27. The van der Waals surface area contributed by atoms with E-state index in [1.165, 1.54) is 16.7 Å². The average molecular weight is 256 g/mol. The first-order valence-corrected chi connectivity index (χ1v) is 6.15. The minimum absolute atomic E-state index is 0.364. The number of carboxylic acid groups (broad SMARTS) is 1. The highest BCUT2D eigenvalue weighted by Gasteiger charge is 2.16. The molecule has 0 aromatic carbocycles. The van der Waals surface area contributed by atoms with Crippen LogP contribution in [0.2, 0.25) is 0 Å². The van der Waals surface area contributed by atoms with Crippen LogP contribution in [-0.4, -0.2) is 41.6 Å². The highest BCUT2D eigenvalue weighted by atomic mass is 32.1. The van der Waals surface area contributed by atoms with Gasteiger partial charge < -0.3 is 15.3 Å². The average Bonchev–Trinajstić information content (AvgIpc) is 2.78. The fourth-order valence-electron chi connectivity index (χ4n) is 1.19. The molecule has 94 valence electrons. The molecule has 1 heterocycles. The van der Waals surface area contributed by atoms with Crippen LogP contribution in [0.5, 0.6) is 0 Å². The Kier molecular flexibility index (Phi) is 4.96. The molecule has 0 aliphatic carbocycles. The van der Waals surface area contributed by atoms with Gasteiger partial charge in [-0.3, -0.25) is 4.79 Å². The van der Waals surface area contributed by atoms with E-state index < -0.39 is 12.0 Å². The highest BCUT2D eigenvalue weighted by molar-refractivity contribution is 7.09. The van der Waals surface area contributed by atoms with Crippen molar-refractivity contribution in [3.8, 4) is 0 Å². The summed E-state index contributed by atoms with van der Waals surface area (Å²) in [5.41, 5.74) is 0. The zero-order valence-corrected chi connectivity index (χ0v) is 10.7. The molecule has 2 amide bonds. The van der Waals surface area contributed by atoms with Gasteiger partial charge in [-0.15, -0.1) is 11.3 Å². The Labute approximate surface area is 104 Å². The normalized spacial score (nSPS) is 11.9. The Bertz CT molecular complexity index is 378. The van der Waals surface area contributed by atoms with Gasteiger partial charge in [0.1, 0.15) is 6.04 Å². The highest BCUT2D eigenvalue weighted by Crippen LogP contribution is 2.09. The van der Waals surface area contributed by atoms with Crippen molar-refractivity contribution in [2.24, 2.45) is 0 Å². The zero-order valence-electron chi connectivity index (χ0n) is 9.84. The number of likely N-dealkylation sites (N-methyl/N-ethyl adjacent to an activating group) is 1. The quantitative estimate of drug-likeness (QED) is 0.836. The summed E-state index contributed by atoms with van der Waals surface area (Å²) in [6, 6.07) is 2.74. The number of urea groups is 1. The number of hydrogen-bond donors (Lipinski definition) is 2. The number of carbonyl (C=O) groups is 2. The van der Waals surface area contributed by atoms with Gasteiger partial charge >= 0.3 is 12.0 Å². The number of hydrogen-bond acceptors (Lipinski definition) is 3. The van der Waals surface area contributed by atoms with E-state index in [1.807, 2.05) is 17.5 Å². The Morgan fingerprint density at radius 2 is 2.29 bits per heavy atom. The van der Waals surface area contributed by atoms with E-state index in [0.717, 1.165) is 6.42 Å². The van der Waals surface area contributed by atoms with E-state index in [4.69, 9.17) is 5.11 Å². The third-order valence-electron chi connectivity index (χ3n) is 2.33. The van der Waals surface area contributed by atoms with Gasteiger partial charge in [-0.1, -0.05) is 6.07 Å². The standard InChI is InChI=1S/C11H16N2O3S/c1-8(10(14)15)12-11(16)13(2)6-5-9-4-3-7-17-9/h3-4,7-8H,5-6H2,1-2H3,(H,12,16)(H,14,15). The van der Waals surface area contributed by atoms with Gasteiger partial charge in [0, 0.05) is 18.5 Å². The molecular weight excluding hydrogens is 240 g/mol. The Morgan fingerprint density at radius 3 is 2.82 bits per heavy atom.